The normalized spacial score (nSPS) is 15.0. The SMILES string of the molecule is Cc1cccc(Oc2nc3ccccn3c(=O)c2/C=C2/SC(=S)N(CCC(=O)O)C2=O)c1C. The minimum atomic E-state index is -1.03. The molecule has 1 amide bonds. The average molecular weight is 482 g/mol. The number of thioether (sulfide) groups is 1. The van der Waals surface area contributed by atoms with E-state index in [1.165, 1.54) is 15.4 Å². The number of aromatic nitrogens is 2. The van der Waals surface area contributed by atoms with Crippen LogP contribution in [0, 0.1) is 13.8 Å². The van der Waals surface area contributed by atoms with Crippen molar-refractivity contribution in [1.82, 2.24) is 14.3 Å². The molecule has 0 atom stereocenters. The first-order valence-electron chi connectivity index (χ1n) is 9.99. The fraction of sp³-hybridized carbons (Fsp3) is 0.174. The topological polar surface area (TPSA) is 101 Å². The summed E-state index contributed by atoms with van der Waals surface area (Å²) >= 11 is 6.25. The molecule has 0 unspecified atom stereocenters. The summed E-state index contributed by atoms with van der Waals surface area (Å²) < 4.78 is 7.68. The largest absolute Gasteiger partial charge is 0.481 e. The number of fused-ring (bicyclic) bond motifs is 1. The van der Waals surface area contributed by atoms with Gasteiger partial charge < -0.3 is 9.84 Å². The maximum Gasteiger partial charge on any atom is 0.305 e. The van der Waals surface area contributed by atoms with E-state index >= 15 is 0 Å². The molecule has 4 rings (SSSR count). The number of carbonyl (C=O) groups excluding carboxylic acids is 1. The van der Waals surface area contributed by atoms with Crippen molar-refractivity contribution < 1.29 is 19.4 Å². The Morgan fingerprint density at radius 1 is 1.21 bits per heavy atom. The number of benzene rings is 1. The summed E-state index contributed by atoms with van der Waals surface area (Å²) in [6.07, 6.45) is 2.76. The van der Waals surface area contributed by atoms with E-state index in [-0.39, 0.29) is 33.6 Å². The van der Waals surface area contributed by atoms with Crippen LogP contribution in [0.5, 0.6) is 11.6 Å². The highest BCUT2D eigenvalue weighted by Crippen LogP contribution is 2.34. The summed E-state index contributed by atoms with van der Waals surface area (Å²) in [4.78, 5) is 43.0. The molecule has 0 aliphatic carbocycles. The van der Waals surface area contributed by atoms with Gasteiger partial charge in [0, 0.05) is 12.7 Å². The molecule has 1 aromatic carbocycles. The van der Waals surface area contributed by atoms with Crippen LogP contribution in [0.4, 0.5) is 0 Å². The number of nitrogens with zero attached hydrogens (tertiary/aromatic N) is 3. The highest BCUT2D eigenvalue weighted by atomic mass is 32.2. The van der Waals surface area contributed by atoms with Gasteiger partial charge in [0.05, 0.1) is 11.3 Å². The molecule has 0 radical (unpaired) electrons. The third kappa shape index (κ3) is 4.53. The average Bonchev–Trinajstić information content (AvgIpc) is 3.05. The Morgan fingerprint density at radius 3 is 2.76 bits per heavy atom. The number of ether oxygens (including phenoxy) is 1. The lowest BCUT2D eigenvalue weighted by molar-refractivity contribution is -0.137. The second kappa shape index (κ2) is 9.16. The fourth-order valence-electron chi connectivity index (χ4n) is 3.25. The first-order valence-corrected chi connectivity index (χ1v) is 11.2. The number of carboxylic acid groups (broad SMARTS) is 1. The van der Waals surface area contributed by atoms with E-state index in [0.717, 1.165) is 22.9 Å². The molecule has 3 aromatic rings. The lowest BCUT2D eigenvalue weighted by Gasteiger charge is -2.13. The maximum absolute atomic E-state index is 13.3. The van der Waals surface area contributed by atoms with Gasteiger partial charge in [-0.1, -0.05) is 42.2 Å². The van der Waals surface area contributed by atoms with Crippen LogP contribution in [-0.2, 0) is 9.59 Å². The number of thiocarbonyl (C=S) groups is 1. The first kappa shape index (κ1) is 22.7. The first-order chi connectivity index (χ1) is 15.8. The molecule has 8 nitrogen and oxygen atoms in total. The molecule has 1 fully saturated rings. The smallest absolute Gasteiger partial charge is 0.305 e. The number of hydrogen-bond donors (Lipinski definition) is 1. The lowest BCUT2D eigenvalue weighted by Crippen LogP contribution is -2.30. The number of aryl methyl sites for hydroxylation is 1. The van der Waals surface area contributed by atoms with E-state index in [9.17, 15) is 14.4 Å². The quantitative estimate of drug-likeness (QED) is 0.419. The van der Waals surface area contributed by atoms with E-state index in [1.54, 1.807) is 30.5 Å². The molecular formula is C23H19N3O5S2. The molecule has 168 valence electrons. The zero-order valence-electron chi connectivity index (χ0n) is 17.8. The highest BCUT2D eigenvalue weighted by molar-refractivity contribution is 8.26. The van der Waals surface area contributed by atoms with E-state index in [4.69, 9.17) is 22.1 Å². The zero-order valence-corrected chi connectivity index (χ0v) is 19.4. The molecular weight excluding hydrogens is 462 g/mol. The minimum absolute atomic E-state index is 0.0435. The monoisotopic (exact) mass is 481 g/mol. The van der Waals surface area contributed by atoms with Crippen LogP contribution in [0.1, 0.15) is 23.1 Å². The molecule has 1 aliphatic rings. The Morgan fingerprint density at radius 2 is 2.00 bits per heavy atom. The lowest BCUT2D eigenvalue weighted by atomic mass is 10.1. The zero-order chi connectivity index (χ0) is 23.7. The Labute approximate surface area is 198 Å². The Kier molecular flexibility index (Phi) is 6.30. The second-order valence-corrected chi connectivity index (χ2v) is 9.02. The predicted molar refractivity (Wildman–Crippen MR) is 130 cm³/mol. The van der Waals surface area contributed by atoms with Crippen LogP contribution < -0.4 is 10.3 Å². The number of aliphatic carboxylic acids is 1. The Balaban J connectivity index is 1.82. The van der Waals surface area contributed by atoms with Crippen molar-refractivity contribution >= 4 is 51.9 Å². The number of carbonyl (C=O) groups is 2. The van der Waals surface area contributed by atoms with Crippen molar-refractivity contribution in [3.8, 4) is 11.6 Å². The van der Waals surface area contributed by atoms with Crippen LogP contribution in [0.25, 0.3) is 11.7 Å². The molecule has 1 aliphatic heterocycles. The van der Waals surface area contributed by atoms with Gasteiger partial charge in [-0.3, -0.25) is 23.7 Å². The van der Waals surface area contributed by atoms with E-state index < -0.39 is 17.4 Å². The van der Waals surface area contributed by atoms with Gasteiger partial charge >= 0.3 is 5.97 Å². The van der Waals surface area contributed by atoms with Gasteiger partial charge in [0.25, 0.3) is 11.5 Å². The number of hydrogen-bond acceptors (Lipinski definition) is 7. The molecule has 3 heterocycles. The summed E-state index contributed by atoms with van der Waals surface area (Å²) in [5.74, 6) is -0.878. The molecule has 0 bridgehead atoms. The van der Waals surface area contributed by atoms with E-state index in [1.807, 2.05) is 26.0 Å². The predicted octanol–water partition coefficient (Wildman–Crippen LogP) is 3.78. The van der Waals surface area contributed by atoms with E-state index in [2.05, 4.69) is 4.98 Å². The Bertz CT molecular complexity index is 1400. The summed E-state index contributed by atoms with van der Waals surface area (Å²) in [7, 11) is 0. The van der Waals surface area contributed by atoms with Crippen molar-refractivity contribution in [1.29, 1.82) is 0 Å². The van der Waals surface area contributed by atoms with Gasteiger partial charge in [0.2, 0.25) is 5.88 Å². The van der Waals surface area contributed by atoms with Crippen molar-refractivity contribution in [2.75, 3.05) is 6.54 Å². The van der Waals surface area contributed by atoms with Gasteiger partial charge in [-0.25, -0.2) is 0 Å². The van der Waals surface area contributed by atoms with Crippen LogP contribution in [-0.4, -0.2) is 42.1 Å². The fourth-order valence-corrected chi connectivity index (χ4v) is 4.54. The van der Waals surface area contributed by atoms with E-state index in [0.29, 0.717) is 11.4 Å². The van der Waals surface area contributed by atoms with Crippen molar-refractivity contribution in [2.45, 2.75) is 20.3 Å². The summed E-state index contributed by atoms with van der Waals surface area (Å²) in [5.41, 5.74) is 2.01. The van der Waals surface area contributed by atoms with Gasteiger partial charge in [-0.15, -0.1) is 0 Å². The summed E-state index contributed by atoms with van der Waals surface area (Å²) in [6, 6.07) is 10.7. The van der Waals surface area contributed by atoms with Crippen LogP contribution in [0.15, 0.2) is 52.3 Å². The molecule has 1 saturated heterocycles. The van der Waals surface area contributed by atoms with Crippen LogP contribution >= 0.6 is 24.0 Å². The molecule has 10 heteroatoms. The third-order valence-corrected chi connectivity index (χ3v) is 6.57. The van der Waals surface area contributed by atoms with Crippen molar-refractivity contribution in [3.05, 3.63) is 74.5 Å². The maximum atomic E-state index is 13.3. The number of pyridine rings is 1. The van der Waals surface area contributed by atoms with Crippen molar-refractivity contribution in [2.24, 2.45) is 0 Å². The Hall–Kier alpha value is -3.50. The standard InChI is InChI=1S/C23H19N3O5S2/c1-13-6-5-7-16(14(13)2)31-20-15(21(29)25-10-4-3-8-18(25)24-20)12-17-22(30)26(23(32)33-17)11-9-19(27)28/h3-8,10,12H,9,11H2,1-2H3,(H,27,28)/b17-12+. The van der Waals surface area contributed by atoms with Gasteiger partial charge in [-0.05, 0) is 49.2 Å². The number of carboxylic acids is 1. The molecule has 2 aromatic heterocycles. The van der Waals surface area contributed by atoms with Crippen LogP contribution in [0.3, 0.4) is 0 Å². The second-order valence-electron chi connectivity index (χ2n) is 7.34. The van der Waals surface area contributed by atoms with Crippen LogP contribution in [0.2, 0.25) is 0 Å². The van der Waals surface area contributed by atoms with Gasteiger partial charge in [0.15, 0.2) is 0 Å². The minimum Gasteiger partial charge on any atom is -0.481 e. The highest BCUT2D eigenvalue weighted by Gasteiger charge is 2.33. The summed E-state index contributed by atoms with van der Waals surface area (Å²) in [5, 5.41) is 8.93. The molecule has 0 spiro atoms. The third-order valence-electron chi connectivity index (χ3n) is 5.19. The molecule has 0 saturated carbocycles. The van der Waals surface area contributed by atoms with Crippen molar-refractivity contribution in [3.63, 3.8) is 0 Å². The number of rotatable bonds is 6. The van der Waals surface area contributed by atoms with Gasteiger partial charge in [0.1, 0.15) is 21.3 Å². The van der Waals surface area contributed by atoms with Gasteiger partial charge in [-0.2, -0.15) is 4.98 Å². The molecule has 1 N–H and O–H groups in total. The molecule has 33 heavy (non-hydrogen) atoms. The number of amides is 1. The summed E-state index contributed by atoms with van der Waals surface area (Å²) in [6.45, 7) is 3.82.